The normalized spacial score (nSPS) is 20.7. The van der Waals surface area contributed by atoms with Gasteiger partial charge in [0, 0.05) is 61.2 Å². The lowest BCUT2D eigenvalue weighted by molar-refractivity contribution is -0.132. The molecule has 0 aromatic carbocycles. The Morgan fingerprint density at radius 1 is 0.750 bits per heavy atom. The lowest BCUT2D eigenvalue weighted by Gasteiger charge is -2.36. The van der Waals surface area contributed by atoms with E-state index >= 15 is 0 Å². The minimum absolute atomic E-state index is 0.0952. The Morgan fingerprint density at radius 3 is 1.64 bits per heavy atom. The van der Waals surface area contributed by atoms with Crippen LogP contribution >= 0.6 is 0 Å². The molecule has 0 saturated carbocycles. The van der Waals surface area contributed by atoms with Crippen LogP contribution in [0.1, 0.15) is 59.7 Å². The second-order valence-electron chi connectivity index (χ2n) is 8.67. The molecule has 9 heteroatoms. The van der Waals surface area contributed by atoms with E-state index in [2.05, 4.69) is 20.2 Å². The molecule has 4 aromatic heterocycles. The van der Waals surface area contributed by atoms with Crippen LogP contribution in [0, 0.1) is 0 Å². The van der Waals surface area contributed by atoms with Crippen molar-refractivity contribution in [2.45, 2.75) is 37.0 Å². The van der Waals surface area contributed by atoms with Crippen molar-refractivity contribution in [3.05, 3.63) is 108 Å². The Kier molecular flexibility index (Phi) is 5.87. The molecule has 0 saturated heterocycles. The van der Waals surface area contributed by atoms with Gasteiger partial charge in [-0.3, -0.25) is 24.8 Å². The van der Waals surface area contributed by atoms with E-state index < -0.39 is 12.1 Å². The maximum absolute atomic E-state index is 14.7. The molecule has 6 heterocycles. The molecule has 0 spiro atoms. The summed E-state index contributed by atoms with van der Waals surface area (Å²) in [6, 6.07) is 13.1. The van der Waals surface area contributed by atoms with Crippen molar-refractivity contribution in [1.29, 1.82) is 0 Å². The third-order valence-corrected chi connectivity index (χ3v) is 6.54. The molecule has 0 N–H and O–H groups in total. The maximum Gasteiger partial charge on any atom is 0.190 e. The Bertz CT molecular complexity index is 1240. The number of pyridine rings is 2. The molecule has 6 rings (SSSR count). The summed E-state index contributed by atoms with van der Waals surface area (Å²) in [6.45, 7) is 0. The van der Waals surface area contributed by atoms with Gasteiger partial charge in [0.15, 0.2) is 5.78 Å². The number of ketones is 1. The van der Waals surface area contributed by atoms with Crippen LogP contribution in [-0.2, 0) is 4.79 Å². The van der Waals surface area contributed by atoms with E-state index in [0.717, 1.165) is 22.6 Å². The first-order valence-electron chi connectivity index (χ1n) is 11.8. The van der Waals surface area contributed by atoms with Crippen molar-refractivity contribution in [2.75, 3.05) is 0 Å². The van der Waals surface area contributed by atoms with Gasteiger partial charge in [-0.15, -0.1) is 0 Å². The van der Waals surface area contributed by atoms with E-state index in [0.29, 0.717) is 12.8 Å². The van der Waals surface area contributed by atoms with Crippen LogP contribution in [0.2, 0.25) is 0 Å². The zero-order valence-corrected chi connectivity index (χ0v) is 19.4. The average Bonchev–Trinajstić information content (AvgIpc) is 3.73. The molecule has 0 bridgehead atoms. The monoisotopic (exact) mass is 480 g/mol. The molecule has 2 aliphatic heterocycles. The summed E-state index contributed by atoms with van der Waals surface area (Å²) >= 11 is 0. The zero-order valence-electron chi connectivity index (χ0n) is 19.4. The molecule has 0 amide bonds. The molecular formula is C27H24N6O3. The van der Waals surface area contributed by atoms with Gasteiger partial charge in [-0.2, -0.15) is 10.2 Å². The quantitative estimate of drug-likeness (QED) is 0.354. The topological polar surface area (TPSA) is 100 Å². The van der Waals surface area contributed by atoms with E-state index in [1.165, 1.54) is 0 Å². The van der Waals surface area contributed by atoms with Crippen molar-refractivity contribution in [3.63, 3.8) is 0 Å². The van der Waals surface area contributed by atoms with Crippen molar-refractivity contribution in [2.24, 2.45) is 10.2 Å². The SMILES string of the molecule is O=C(C(c1cccnc1)N1N=CCC1c1ccco1)C(c1cccnc1)N1N=CCC1c1ccco1. The Labute approximate surface area is 207 Å². The molecule has 36 heavy (non-hydrogen) atoms. The van der Waals surface area contributed by atoms with Crippen LogP contribution in [0.4, 0.5) is 0 Å². The van der Waals surface area contributed by atoms with Crippen LogP contribution in [0.3, 0.4) is 0 Å². The van der Waals surface area contributed by atoms with Gasteiger partial charge < -0.3 is 8.83 Å². The fraction of sp³-hybridized carbons (Fsp3) is 0.222. The van der Waals surface area contributed by atoms with Gasteiger partial charge in [0.1, 0.15) is 35.7 Å². The Hall–Kier alpha value is -4.53. The minimum atomic E-state index is -0.731. The van der Waals surface area contributed by atoms with E-state index in [1.54, 1.807) is 37.3 Å². The van der Waals surface area contributed by atoms with Crippen molar-refractivity contribution < 1.29 is 13.6 Å². The largest absolute Gasteiger partial charge is 0.467 e. The van der Waals surface area contributed by atoms with E-state index in [4.69, 9.17) is 8.83 Å². The number of hydrogen-bond acceptors (Lipinski definition) is 9. The summed E-state index contributed by atoms with van der Waals surface area (Å²) in [4.78, 5) is 23.3. The Balaban J connectivity index is 1.45. The van der Waals surface area contributed by atoms with Gasteiger partial charge in [0.2, 0.25) is 0 Å². The number of Topliss-reactive ketones (excluding diaryl/α,β-unsaturated/α-hetero) is 1. The van der Waals surface area contributed by atoms with Crippen LogP contribution in [0.5, 0.6) is 0 Å². The highest BCUT2D eigenvalue weighted by atomic mass is 16.3. The van der Waals surface area contributed by atoms with Crippen LogP contribution < -0.4 is 0 Å². The number of furan rings is 2. The summed E-state index contributed by atoms with van der Waals surface area (Å²) < 4.78 is 11.4. The first-order valence-corrected chi connectivity index (χ1v) is 11.8. The molecule has 0 fully saturated rings. The molecule has 4 aromatic rings. The first-order chi connectivity index (χ1) is 17.8. The third-order valence-electron chi connectivity index (χ3n) is 6.54. The van der Waals surface area contributed by atoms with Crippen molar-refractivity contribution >= 4 is 18.2 Å². The van der Waals surface area contributed by atoms with Gasteiger partial charge in [-0.05, 0) is 36.4 Å². The number of hydrogen-bond donors (Lipinski definition) is 0. The molecule has 4 atom stereocenters. The molecule has 4 unspecified atom stereocenters. The van der Waals surface area contributed by atoms with Crippen LogP contribution in [-0.4, -0.2) is 38.2 Å². The summed E-state index contributed by atoms with van der Waals surface area (Å²) in [5.41, 5.74) is 1.48. The summed E-state index contributed by atoms with van der Waals surface area (Å²) in [6.07, 6.45) is 15.0. The van der Waals surface area contributed by atoms with Gasteiger partial charge in [0.05, 0.1) is 12.5 Å². The van der Waals surface area contributed by atoms with E-state index in [1.807, 2.05) is 71.0 Å². The first kappa shape index (κ1) is 22.0. The summed E-state index contributed by atoms with van der Waals surface area (Å²) in [7, 11) is 0. The second kappa shape index (κ2) is 9.61. The predicted molar refractivity (Wildman–Crippen MR) is 132 cm³/mol. The highest BCUT2D eigenvalue weighted by molar-refractivity contribution is 5.91. The molecular weight excluding hydrogens is 456 g/mol. The second-order valence-corrected chi connectivity index (χ2v) is 8.67. The van der Waals surface area contributed by atoms with Crippen molar-refractivity contribution in [1.82, 2.24) is 20.0 Å². The van der Waals surface area contributed by atoms with E-state index in [-0.39, 0.29) is 17.9 Å². The summed E-state index contributed by atoms with van der Waals surface area (Å²) in [5.74, 6) is 1.40. The van der Waals surface area contributed by atoms with Gasteiger partial charge in [-0.1, -0.05) is 12.1 Å². The number of aromatic nitrogens is 2. The number of nitrogens with zero attached hydrogens (tertiary/aromatic N) is 6. The van der Waals surface area contributed by atoms with Gasteiger partial charge in [-0.25, -0.2) is 0 Å². The minimum Gasteiger partial charge on any atom is -0.467 e. The molecule has 180 valence electrons. The third kappa shape index (κ3) is 3.98. The van der Waals surface area contributed by atoms with Crippen molar-refractivity contribution in [3.8, 4) is 0 Å². The predicted octanol–water partition coefficient (Wildman–Crippen LogP) is 4.88. The lowest BCUT2D eigenvalue weighted by atomic mass is 9.92. The smallest absolute Gasteiger partial charge is 0.190 e. The number of carbonyl (C=O) groups is 1. The number of rotatable bonds is 8. The highest BCUT2D eigenvalue weighted by Gasteiger charge is 2.44. The molecule has 0 aliphatic carbocycles. The van der Waals surface area contributed by atoms with Crippen LogP contribution in [0.15, 0.2) is 105 Å². The standard InChI is InChI=1S/C27H24N6O3/c34-27(25(19-5-1-11-28-17-19)32-21(9-13-30-32)23-7-3-15-35-23)26(20-6-2-12-29-18-20)33-22(10-14-31-33)24-8-4-16-36-24/h1-8,11-18,21-22,25-26H,9-10H2. The highest BCUT2D eigenvalue weighted by Crippen LogP contribution is 2.43. The van der Waals surface area contributed by atoms with E-state index in [9.17, 15) is 4.79 Å². The average molecular weight is 481 g/mol. The fourth-order valence-corrected chi connectivity index (χ4v) is 4.93. The van der Waals surface area contributed by atoms with Gasteiger partial charge >= 0.3 is 0 Å². The van der Waals surface area contributed by atoms with Crippen LogP contribution in [0.25, 0.3) is 0 Å². The number of carbonyl (C=O) groups excluding carboxylic acids is 1. The Morgan fingerprint density at radius 2 is 1.25 bits per heavy atom. The number of hydrazone groups is 2. The summed E-state index contributed by atoms with van der Waals surface area (Å²) in [5, 5.41) is 12.9. The fourth-order valence-electron chi connectivity index (χ4n) is 4.93. The lowest BCUT2D eigenvalue weighted by Crippen LogP contribution is -2.39. The molecule has 2 aliphatic rings. The molecule has 9 nitrogen and oxygen atoms in total. The molecule has 0 radical (unpaired) electrons. The maximum atomic E-state index is 14.7. The zero-order chi connectivity index (χ0) is 24.3. The van der Waals surface area contributed by atoms with Gasteiger partial charge in [0.25, 0.3) is 0 Å².